The fourth-order valence-electron chi connectivity index (χ4n) is 2.54. The average Bonchev–Trinajstić information content (AvgIpc) is 2.87. The van der Waals surface area contributed by atoms with Gasteiger partial charge < -0.3 is 10.2 Å². The van der Waals surface area contributed by atoms with Gasteiger partial charge in [0.05, 0.1) is 6.04 Å². The van der Waals surface area contributed by atoms with Crippen molar-refractivity contribution in [3.63, 3.8) is 0 Å². The molecule has 106 valence electrons. The first kappa shape index (κ1) is 13.8. The molecule has 0 aliphatic carbocycles. The van der Waals surface area contributed by atoms with Gasteiger partial charge in [-0.1, -0.05) is 6.92 Å². The number of carbonyl (C=O) groups excluding carboxylic acids is 2. The summed E-state index contributed by atoms with van der Waals surface area (Å²) < 4.78 is 0. The summed E-state index contributed by atoms with van der Waals surface area (Å²) in [5.41, 5.74) is 1.07. The number of carbonyl (C=O) groups is 2. The van der Waals surface area contributed by atoms with Crippen LogP contribution in [0.25, 0.3) is 0 Å². The van der Waals surface area contributed by atoms with E-state index in [4.69, 9.17) is 0 Å². The Balaban J connectivity index is 1.76. The van der Waals surface area contributed by atoms with Crippen LogP contribution in [0.4, 0.5) is 0 Å². The molecule has 1 saturated heterocycles. The van der Waals surface area contributed by atoms with Crippen LogP contribution in [-0.4, -0.2) is 59.7 Å². The van der Waals surface area contributed by atoms with Crippen LogP contribution in [0, 0.1) is 0 Å². The third kappa shape index (κ3) is 3.68. The molecule has 0 spiro atoms. The van der Waals surface area contributed by atoms with Crippen molar-refractivity contribution in [3.8, 4) is 0 Å². The zero-order valence-corrected chi connectivity index (χ0v) is 11.7. The summed E-state index contributed by atoms with van der Waals surface area (Å²) in [4.78, 5) is 25.4. The third-order valence-electron chi connectivity index (χ3n) is 3.44. The van der Waals surface area contributed by atoms with Crippen LogP contribution < -0.4 is 5.32 Å². The summed E-state index contributed by atoms with van der Waals surface area (Å²) >= 11 is 0. The van der Waals surface area contributed by atoms with Crippen molar-refractivity contribution >= 4 is 17.5 Å². The van der Waals surface area contributed by atoms with Crippen LogP contribution in [0.5, 0.6) is 0 Å². The Morgan fingerprint density at radius 3 is 2.95 bits per heavy atom. The van der Waals surface area contributed by atoms with Crippen LogP contribution in [0.1, 0.15) is 33.1 Å². The van der Waals surface area contributed by atoms with Crippen molar-refractivity contribution in [2.45, 2.75) is 39.2 Å². The second-order valence-corrected chi connectivity index (χ2v) is 5.28. The van der Waals surface area contributed by atoms with E-state index in [2.05, 4.69) is 10.4 Å². The molecule has 6 nitrogen and oxygen atoms in total. The Kier molecular flexibility index (Phi) is 4.39. The number of amides is 2. The first-order valence-corrected chi connectivity index (χ1v) is 6.94. The fraction of sp³-hybridized carbons (Fsp3) is 0.769. The zero-order chi connectivity index (χ0) is 13.8. The molecular weight excluding hydrogens is 244 g/mol. The van der Waals surface area contributed by atoms with Crippen LogP contribution >= 0.6 is 0 Å². The van der Waals surface area contributed by atoms with E-state index in [1.807, 2.05) is 18.7 Å². The lowest BCUT2D eigenvalue weighted by molar-refractivity contribution is -0.127. The highest BCUT2D eigenvalue weighted by molar-refractivity contribution is 5.85. The number of hydrogen-bond donors (Lipinski definition) is 1. The Labute approximate surface area is 113 Å². The molecule has 0 aromatic heterocycles. The molecule has 2 rings (SSSR count). The largest absolute Gasteiger partial charge is 0.349 e. The molecule has 6 heteroatoms. The number of nitrogens with zero attached hydrogens (tertiary/aromatic N) is 3. The van der Waals surface area contributed by atoms with Crippen molar-refractivity contribution in [2.24, 2.45) is 5.10 Å². The summed E-state index contributed by atoms with van der Waals surface area (Å²) in [6.07, 6.45) is 2.31. The first-order valence-electron chi connectivity index (χ1n) is 6.94. The predicted octanol–water partition coefficient (Wildman–Crippen LogP) is 0.195. The number of likely N-dealkylation sites (tertiary alicyclic amines) is 1. The zero-order valence-electron chi connectivity index (χ0n) is 11.7. The summed E-state index contributed by atoms with van der Waals surface area (Å²) in [7, 11) is 0. The highest BCUT2D eigenvalue weighted by atomic mass is 16.2. The van der Waals surface area contributed by atoms with Gasteiger partial charge in [-0.3, -0.25) is 14.6 Å². The second kappa shape index (κ2) is 6.04. The summed E-state index contributed by atoms with van der Waals surface area (Å²) in [5.74, 6) is 0.0942. The number of hydrogen-bond acceptors (Lipinski definition) is 4. The second-order valence-electron chi connectivity index (χ2n) is 5.28. The quantitative estimate of drug-likeness (QED) is 0.773. The molecule has 1 N–H and O–H groups in total. The lowest BCUT2D eigenvalue weighted by Crippen LogP contribution is -2.41. The maximum Gasteiger partial charge on any atom is 0.241 e. The van der Waals surface area contributed by atoms with Crippen molar-refractivity contribution in [3.05, 3.63) is 0 Å². The minimum atomic E-state index is -0.0467. The standard InChI is InChI=1S/C13H22N4O2/c1-3-5-16-8-11(7-13(16)19)14-12(18)9-17-6-4-10(2)15-17/h11H,3-9H2,1-2H3,(H,14,18)/t11-/m1/s1. The fourth-order valence-corrected chi connectivity index (χ4v) is 2.54. The van der Waals surface area contributed by atoms with Crippen molar-refractivity contribution in [1.29, 1.82) is 0 Å². The minimum Gasteiger partial charge on any atom is -0.349 e. The topological polar surface area (TPSA) is 65.0 Å². The molecule has 0 saturated carbocycles. The van der Waals surface area contributed by atoms with Gasteiger partial charge in [-0.15, -0.1) is 0 Å². The lowest BCUT2D eigenvalue weighted by atomic mass is 10.2. The van der Waals surface area contributed by atoms with Crippen molar-refractivity contribution in [2.75, 3.05) is 26.2 Å². The van der Waals surface area contributed by atoms with Gasteiger partial charge in [0.2, 0.25) is 11.8 Å². The number of nitrogens with one attached hydrogen (secondary N) is 1. The molecule has 19 heavy (non-hydrogen) atoms. The lowest BCUT2D eigenvalue weighted by Gasteiger charge is -2.17. The Morgan fingerprint density at radius 1 is 1.53 bits per heavy atom. The van der Waals surface area contributed by atoms with Gasteiger partial charge in [0.25, 0.3) is 0 Å². The molecule has 1 fully saturated rings. The van der Waals surface area contributed by atoms with Gasteiger partial charge in [0, 0.05) is 38.2 Å². The van der Waals surface area contributed by atoms with E-state index in [0.717, 1.165) is 31.6 Å². The Hall–Kier alpha value is -1.59. The van der Waals surface area contributed by atoms with E-state index in [1.54, 1.807) is 5.01 Å². The van der Waals surface area contributed by atoms with Gasteiger partial charge in [-0.2, -0.15) is 5.10 Å². The molecule has 2 aliphatic heterocycles. The highest BCUT2D eigenvalue weighted by Gasteiger charge is 2.30. The molecule has 0 aromatic rings. The van der Waals surface area contributed by atoms with Gasteiger partial charge in [-0.05, 0) is 13.3 Å². The van der Waals surface area contributed by atoms with Gasteiger partial charge in [0.15, 0.2) is 0 Å². The molecule has 2 amide bonds. The highest BCUT2D eigenvalue weighted by Crippen LogP contribution is 2.11. The van der Waals surface area contributed by atoms with E-state index in [9.17, 15) is 9.59 Å². The molecule has 0 radical (unpaired) electrons. The SMILES string of the molecule is CCCN1C[C@H](NC(=O)CN2CCC(C)=N2)CC1=O. The van der Waals surface area contributed by atoms with Gasteiger partial charge in [0.1, 0.15) is 6.54 Å². The molecule has 2 aliphatic rings. The summed E-state index contributed by atoms with van der Waals surface area (Å²) in [6, 6.07) is -0.0424. The van der Waals surface area contributed by atoms with Crippen molar-refractivity contribution in [1.82, 2.24) is 15.2 Å². The molecule has 0 aromatic carbocycles. The van der Waals surface area contributed by atoms with Gasteiger partial charge >= 0.3 is 0 Å². The predicted molar refractivity (Wildman–Crippen MR) is 72.7 cm³/mol. The minimum absolute atomic E-state index is 0.0424. The number of hydrazone groups is 1. The van der Waals surface area contributed by atoms with Crippen LogP contribution in [-0.2, 0) is 9.59 Å². The van der Waals surface area contributed by atoms with E-state index >= 15 is 0 Å². The molecule has 1 atom stereocenters. The summed E-state index contributed by atoms with van der Waals surface area (Å²) in [6.45, 7) is 6.53. The maximum atomic E-state index is 11.9. The van der Waals surface area contributed by atoms with Gasteiger partial charge in [-0.25, -0.2) is 0 Å². The maximum absolute atomic E-state index is 11.9. The van der Waals surface area contributed by atoms with Crippen LogP contribution in [0.2, 0.25) is 0 Å². The Bertz CT molecular complexity index is 394. The number of rotatable bonds is 5. The van der Waals surface area contributed by atoms with Crippen molar-refractivity contribution < 1.29 is 9.59 Å². The normalized spacial score (nSPS) is 22.9. The van der Waals surface area contributed by atoms with Crippen LogP contribution in [0.3, 0.4) is 0 Å². The molecular formula is C13H22N4O2. The van der Waals surface area contributed by atoms with E-state index in [0.29, 0.717) is 13.0 Å². The van der Waals surface area contributed by atoms with E-state index in [1.165, 1.54) is 0 Å². The third-order valence-corrected chi connectivity index (χ3v) is 3.44. The van der Waals surface area contributed by atoms with E-state index < -0.39 is 0 Å². The van der Waals surface area contributed by atoms with Crippen LogP contribution in [0.15, 0.2) is 5.10 Å². The first-order chi connectivity index (χ1) is 9.08. The monoisotopic (exact) mass is 266 g/mol. The smallest absolute Gasteiger partial charge is 0.241 e. The average molecular weight is 266 g/mol. The molecule has 0 unspecified atom stereocenters. The molecule has 0 bridgehead atoms. The summed E-state index contributed by atoms with van der Waals surface area (Å²) in [5, 5.41) is 8.98. The molecule has 2 heterocycles. The van der Waals surface area contributed by atoms with E-state index in [-0.39, 0.29) is 24.4 Å². The Morgan fingerprint density at radius 2 is 2.32 bits per heavy atom.